The van der Waals surface area contributed by atoms with Gasteiger partial charge < -0.3 is 5.11 Å². The van der Waals surface area contributed by atoms with Gasteiger partial charge in [0.1, 0.15) is 0 Å². The molecule has 0 bridgehead atoms. The molecule has 0 radical (unpaired) electrons. The van der Waals surface area contributed by atoms with E-state index in [1.807, 2.05) is 13.8 Å². The van der Waals surface area contributed by atoms with E-state index < -0.39 is 5.60 Å². The van der Waals surface area contributed by atoms with Crippen LogP contribution in [0.1, 0.15) is 91.9 Å². The van der Waals surface area contributed by atoms with Gasteiger partial charge in [0.25, 0.3) is 0 Å². The maximum absolute atomic E-state index is 10.2. The van der Waals surface area contributed by atoms with Crippen LogP contribution in [-0.2, 0) is 0 Å². The van der Waals surface area contributed by atoms with Crippen molar-refractivity contribution in [3.63, 3.8) is 0 Å². The predicted molar refractivity (Wildman–Crippen MR) is 118 cm³/mol. The molecule has 0 saturated heterocycles. The highest BCUT2D eigenvalue weighted by Gasteiger charge is 2.56. The minimum absolute atomic E-state index is 0.513. The SMILES string of the molecule is CC(CCC(C)(C)O)[C@H]1CCC2C3CC=C4C[C@@H](S)CC[C@@H]4C3CC[C@@]21C. The second-order valence-corrected chi connectivity index (χ2v) is 12.3. The average Bonchev–Trinajstić information content (AvgIpc) is 2.96. The van der Waals surface area contributed by atoms with Crippen molar-refractivity contribution < 1.29 is 5.11 Å². The van der Waals surface area contributed by atoms with E-state index in [0.717, 1.165) is 41.9 Å². The molecule has 3 saturated carbocycles. The van der Waals surface area contributed by atoms with E-state index >= 15 is 0 Å². The Morgan fingerprint density at radius 3 is 2.70 bits per heavy atom. The van der Waals surface area contributed by atoms with Gasteiger partial charge in [0.2, 0.25) is 0 Å². The molecule has 8 atom stereocenters. The summed E-state index contributed by atoms with van der Waals surface area (Å²) < 4.78 is 0. The van der Waals surface area contributed by atoms with Gasteiger partial charge >= 0.3 is 0 Å². The summed E-state index contributed by atoms with van der Waals surface area (Å²) in [4.78, 5) is 0. The molecular formula is C25H42OS. The van der Waals surface area contributed by atoms with Gasteiger partial charge in [-0.1, -0.05) is 25.5 Å². The normalized spacial score (nSPS) is 45.5. The van der Waals surface area contributed by atoms with Crippen LogP contribution in [0.3, 0.4) is 0 Å². The van der Waals surface area contributed by atoms with Crippen LogP contribution in [0.5, 0.6) is 0 Å². The highest BCUT2D eigenvalue weighted by Crippen LogP contribution is 2.64. The minimum Gasteiger partial charge on any atom is -0.390 e. The number of aliphatic hydroxyl groups is 1. The first-order chi connectivity index (χ1) is 12.7. The van der Waals surface area contributed by atoms with Gasteiger partial charge in [-0.25, -0.2) is 0 Å². The summed E-state index contributed by atoms with van der Waals surface area (Å²) in [7, 11) is 0. The zero-order valence-corrected chi connectivity index (χ0v) is 19.0. The third-order valence-corrected chi connectivity index (χ3v) is 9.83. The summed E-state index contributed by atoms with van der Waals surface area (Å²) in [5.41, 5.74) is 1.81. The number of hydrogen-bond donors (Lipinski definition) is 2. The average molecular weight is 391 g/mol. The van der Waals surface area contributed by atoms with Crippen LogP contribution < -0.4 is 0 Å². The van der Waals surface area contributed by atoms with Crippen molar-refractivity contribution >= 4 is 12.6 Å². The van der Waals surface area contributed by atoms with Crippen LogP contribution >= 0.6 is 12.6 Å². The lowest BCUT2D eigenvalue weighted by Crippen LogP contribution is -2.46. The van der Waals surface area contributed by atoms with Crippen molar-refractivity contribution in [2.24, 2.45) is 40.9 Å². The molecule has 1 nitrogen and oxygen atoms in total. The number of thiol groups is 1. The van der Waals surface area contributed by atoms with E-state index in [2.05, 4.69) is 19.9 Å². The van der Waals surface area contributed by atoms with Gasteiger partial charge in [0.05, 0.1) is 5.60 Å². The molecule has 0 aromatic rings. The van der Waals surface area contributed by atoms with Gasteiger partial charge in [0.15, 0.2) is 0 Å². The third-order valence-electron chi connectivity index (χ3n) is 9.39. The van der Waals surface area contributed by atoms with E-state index in [9.17, 15) is 5.11 Å². The summed E-state index contributed by atoms with van der Waals surface area (Å²) in [6.45, 7) is 9.06. The van der Waals surface area contributed by atoms with E-state index in [-0.39, 0.29) is 0 Å². The van der Waals surface area contributed by atoms with Crippen molar-refractivity contribution in [1.82, 2.24) is 0 Å². The van der Waals surface area contributed by atoms with E-state index in [4.69, 9.17) is 12.6 Å². The lowest BCUT2D eigenvalue weighted by Gasteiger charge is -2.54. The van der Waals surface area contributed by atoms with Crippen molar-refractivity contribution in [2.45, 2.75) is 103 Å². The Hall–Kier alpha value is 0.0500. The zero-order chi connectivity index (χ0) is 19.4. The molecule has 4 aliphatic carbocycles. The van der Waals surface area contributed by atoms with Crippen LogP contribution in [0.25, 0.3) is 0 Å². The second-order valence-electron chi connectivity index (χ2n) is 11.5. The lowest BCUT2D eigenvalue weighted by molar-refractivity contribution is -0.0274. The molecular weight excluding hydrogens is 348 g/mol. The topological polar surface area (TPSA) is 20.2 Å². The molecule has 0 aromatic heterocycles. The largest absolute Gasteiger partial charge is 0.390 e. The van der Waals surface area contributed by atoms with Gasteiger partial charge in [-0.15, -0.1) is 0 Å². The third kappa shape index (κ3) is 3.79. The van der Waals surface area contributed by atoms with Crippen molar-refractivity contribution in [1.29, 1.82) is 0 Å². The predicted octanol–water partition coefficient (Wildman–Crippen LogP) is 6.66. The van der Waals surface area contributed by atoms with Crippen molar-refractivity contribution in [3.8, 4) is 0 Å². The molecule has 1 N–H and O–H groups in total. The smallest absolute Gasteiger partial charge is 0.0591 e. The first-order valence-corrected chi connectivity index (χ1v) is 12.3. The Bertz CT molecular complexity index is 575. The Labute approximate surface area is 173 Å². The Balaban J connectivity index is 1.48. The Kier molecular flexibility index (Phi) is 5.56. The lowest BCUT2D eigenvalue weighted by atomic mass is 9.51. The van der Waals surface area contributed by atoms with Gasteiger partial charge in [-0.2, -0.15) is 12.6 Å². The van der Waals surface area contributed by atoms with Crippen molar-refractivity contribution in [2.75, 3.05) is 0 Å². The molecule has 4 unspecified atom stereocenters. The monoisotopic (exact) mass is 390 g/mol. The summed E-state index contributed by atoms with van der Waals surface area (Å²) in [5, 5.41) is 10.8. The maximum Gasteiger partial charge on any atom is 0.0591 e. The van der Waals surface area contributed by atoms with Gasteiger partial charge in [0, 0.05) is 5.25 Å². The zero-order valence-electron chi connectivity index (χ0n) is 18.1. The molecule has 0 amide bonds. The highest BCUT2D eigenvalue weighted by molar-refractivity contribution is 7.80. The summed E-state index contributed by atoms with van der Waals surface area (Å²) in [5.74, 6) is 5.36. The summed E-state index contributed by atoms with van der Waals surface area (Å²) in [6, 6.07) is 0. The van der Waals surface area contributed by atoms with Crippen LogP contribution in [0.2, 0.25) is 0 Å². The quantitative estimate of drug-likeness (QED) is 0.406. The first kappa shape index (κ1) is 20.3. The number of hydrogen-bond acceptors (Lipinski definition) is 2. The standard InChI is InChI=1S/C25H42OS/c1-16(11-13-24(2,3)26)22-9-10-23-21-7-5-17-15-18(27)6-8-19(17)20(21)12-14-25(22,23)4/h5,16,18-23,26-27H,6-15H2,1-4H3/t16?,18-,19-,20?,21?,22+,23?,25+/m0/s1. The van der Waals surface area contributed by atoms with E-state index in [0.29, 0.717) is 10.7 Å². The first-order valence-electron chi connectivity index (χ1n) is 11.8. The molecule has 0 aromatic carbocycles. The van der Waals surface area contributed by atoms with Gasteiger partial charge in [-0.05, 0) is 119 Å². The van der Waals surface area contributed by atoms with Crippen LogP contribution in [-0.4, -0.2) is 16.0 Å². The molecule has 27 heavy (non-hydrogen) atoms. The van der Waals surface area contributed by atoms with Crippen molar-refractivity contribution in [3.05, 3.63) is 11.6 Å². The van der Waals surface area contributed by atoms with E-state index in [1.54, 1.807) is 5.57 Å². The molecule has 154 valence electrons. The Morgan fingerprint density at radius 1 is 1.19 bits per heavy atom. The molecule has 4 rings (SSSR count). The fourth-order valence-corrected chi connectivity index (χ4v) is 8.37. The van der Waals surface area contributed by atoms with Crippen LogP contribution in [0.15, 0.2) is 11.6 Å². The molecule has 2 heteroatoms. The Morgan fingerprint density at radius 2 is 1.96 bits per heavy atom. The molecule has 4 aliphatic rings. The minimum atomic E-state index is -0.513. The highest BCUT2D eigenvalue weighted by atomic mass is 32.1. The maximum atomic E-state index is 10.2. The summed E-state index contributed by atoms with van der Waals surface area (Å²) in [6.07, 6.45) is 15.9. The van der Waals surface area contributed by atoms with Gasteiger partial charge in [-0.3, -0.25) is 0 Å². The molecule has 0 aliphatic heterocycles. The molecule has 0 spiro atoms. The fourth-order valence-electron chi connectivity index (χ4n) is 8.01. The fraction of sp³-hybridized carbons (Fsp3) is 0.920. The molecule has 3 fully saturated rings. The summed E-state index contributed by atoms with van der Waals surface area (Å²) >= 11 is 4.79. The molecule has 0 heterocycles. The second kappa shape index (κ2) is 7.38. The number of rotatable bonds is 4. The number of allylic oxidation sites excluding steroid dienone is 2. The van der Waals surface area contributed by atoms with E-state index in [1.165, 1.54) is 57.8 Å². The van der Waals surface area contributed by atoms with Crippen LogP contribution in [0, 0.1) is 40.9 Å². The van der Waals surface area contributed by atoms with Crippen LogP contribution in [0.4, 0.5) is 0 Å². The number of fused-ring (bicyclic) bond motifs is 5.